The van der Waals surface area contributed by atoms with Crippen LogP contribution in [0.15, 0.2) is 0 Å². The van der Waals surface area contributed by atoms with E-state index in [4.69, 9.17) is 5.11 Å². The van der Waals surface area contributed by atoms with E-state index in [2.05, 4.69) is 5.32 Å². The van der Waals surface area contributed by atoms with Crippen LogP contribution in [-0.4, -0.2) is 23.5 Å². The van der Waals surface area contributed by atoms with Crippen LogP contribution in [0, 0.1) is 0 Å². The van der Waals surface area contributed by atoms with Crippen LogP contribution in [0.2, 0.25) is 0 Å². The molecule has 0 spiro atoms. The Bertz CT molecular complexity index is 168. The highest BCUT2D eigenvalue weighted by Crippen LogP contribution is 2.00. The normalized spacial score (nSPS) is 9.62. The van der Waals surface area contributed by atoms with Crippen LogP contribution < -0.4 is 5.32 Å². The van der Waals surface area contributed by atoms with Gasteiger partial charge in [-0.3, -0.25) is 4.79 Å². The van der Waals surface area contributed by atoms with Gasteiger partial charge in [-0.1, -0.05) is 13.3 Å². The van der Waals surface area contributed by atoms with Gasteiger partial charge in [-0.15, -0.1) is 0 Å². The molecule has 0 heterocycles. The molecule has 0 atom stereocenters. The summed E-state index contributed by atoms with van der Waals surface area (Å²) < 4.78 is 0. The molecule has 0 unspecified atom stereocenters. The molecule has 1 amide bonds. The maximum Gasteiger partial charge on any atom is 0.404 e. The highest BCUT2D eigenvalue weighted by atomic mass is 16.4. The Kier molecular flexibility index (Phi) is 6.96. The van der Waals surface area contributed by atoms with Crippen molar-refractivity contribution < 1.29 is 14.7 Å². The molecule has 0 aliphatic rings. The minimum absolute atomic E-state index is 0.231. The predicted molar refractivity (Wildman–Crippen MR) is 49.8 cm³/mol. The van der Waals surface area contributed by atoms with E-state index in [0.29, 0.717) is 25.8 Å². The van der Waals surface area contributed by atoms with E-state index in [1.54, 1.807) is 0 Å². The number of unbranched alkanes of at least 4 members (excludes halogenated alkanes) is 1. The SMILES string of the molecule is CCCCC(=O)CCCNC(=O)O. The molecular weight excluding hydrogens is 170 g/mol. The first-order valence-electron chi connectivity index (χ1n) is 4.65. The monoisotopic (exact) mass is 187 g/mol. The summed E-state index contributed by atoms with van der Waals surface area (Å²) in [5.41, 5.74) is 0. The van der Waals surface area contributed by atoms with E-state index in [9.17, 15) is 9.59 Å². The van der Waals surface area contributed by atoms with Gasteiger partial charge in [0.25, 0.3) is 0 Å². The Labute approximate surface area is 78.3 Å². The Balaban J connectivity index is 3.22. The van der Waals surface area contributed by atoms with Crippen molar-refractivity contribution in [3.63, 3.8) is 0 Å². The number of carbonyl (C=O) groups is 2. The lowest BCUT2D eigenvalue weighted by atomic mass is 10.1. The number of carbonyl (C=O) groups excluding carboxylic acids is 1. The first kappa shape index (κ1) is 11.9. The number of hydrogen-bond acceptors (Lipinski definition) is 2. The van der Waals surface area contributed by atoms with Gasteiger partial charge in [0.2, 0.25) is 0 Å². The lowest BCUT2D eigenvalue weighted by Gasteiger charge is -2.00. The second-order valence-electron chi connectivity index (χ2n) is 2.98. The molecule has 76 valence electrons. The molecular formula is C9H17NO3. The van der Waals surface area contributed by atoms with Crippen molar-refractivity contribution >= 4 is 11.9 Å². The average Bonchev–Trinajstić information content (AvgIpc) is 2.08. The van der Waals surface area contributed by atoms with E-state index < -0.39 is 6.09 Å². The molecule has 2 N–H and O–H groups in total. The Hall–Kier alpha value is -1.06. The second kappa shape index (κ2) is 7.58. The largest absolute Gasteiger partial charge is 0.465 e. The number of amides is 1. The van der Waals surface area contributed by atoms with Crippen LogP contribution in [0.25, 0.3) is 0 Å². The minimum atomic E-state index is -1.03. The molecule has 0 saturated heterocycles. The molecule has 4 nitrogen and oxygen atoms in total. The lowest BCUT2D eigenvalue weighted by molar-refractivity contribution is -0.119. The van der Waals surface area contributed by atoms with E-state index in [1.165, 1.54) is 0 Å². The first-order valence-corrected chi connectivity index (χ1v) is 4.65. The maximum absolute atomic E-state index is 11.1. The van der Waals surface area contributed by atoms with Gasteiger partial charge in [0.1, 0.15) is 5.78 Å². The number of Topliss-reactive ketones (excluding diaryl/α,β-unsaturated/α-hetero) is 1. The summed E-state index contributed by atoms with van der Waals surface area (Å²) in [5, 5.41) is 10.4. The fourth-order valence-electron chi connectivity index (χ4n) is 0.980. The van der Waals surface area contributed by atoms with Crippen LogP contribution in [0.1, 0.15) is 39.0 Å². The highest BCUT2D eigenvalue weighted by Gasteiger charge is 2.01. The molecule has 0 aromatic carbocycles. The summed E-state index contributed by atoms with van der Waals surface area (Å²) in [7, 11) is 0. The van der Waals surface area contributed by atoms with Crippen LogP contribution in [0.3, 0.4) is 0 Å². The van der Waals surface area contributed by atoms with Crippen LogP contribution in [0.4, 0.5) is 4.79 Å². The van der Waals surface area contributed by atoms with Crippen LogP contribution in [0.5, 0.6) is 0 Å². The van der Waals surface area contributed by atoms with E-state index in [-0.39, 0.29) is 5.78 Å². The van der Waals surface area contributed by atoms with Crippen molar-refractivity contribution in [3.8, 4) is 0 Å². The van der Waals surface area contributed by atoms with Gasteiger partial charge in [0.05, 0.1) is 0 Å². The molecule has 0 rings (SSSR count). The summed E-state index contributed by atoms with van der Waals surface area (Å²) >= 11 is 0. The topological polar surface area (TPSA) is 66.4 Å². The summed E-state index contributed by atoms with van der Waals surface area (Å²) in [6, 6.07) is 0. The van der Waals surface area contributed by atoms with Crippen LogP contribution >= 0.6 is 0 Å². The number of ketones is 1. The summed E-state index contributed by atoms with van der Waals surface area (Å²) in [5.74, 6) is 0.231. The van der Waals surface area contributed by atoms with E-state index in [0.717, 1.165) is 12.8 Å². The van der Waals surface area contributed by atoms with E-state index >= 15 is 0 Å². The number of nitrogens with one attached hydrogen (secondary N) is 1. The predicted octanol–water partition coefficient (Wildman–Crippen LogP) is 1.79. The third kappa shape index (κ3) is 8.85. The third-order valence-corrected chi connectivity index (χ3v) is 1.72. The highest BCUT2D eigenvalue weighted by molar-refractivity contribution is 5.78. The zero-order valence-corrected chi connectivity index (χ0v) is 8.01. The zero-order valence-electron chi connectivity index (χ0n) is 8.01. The first-order chi connectivity index (χ1) is 6.16. The molecule has 0 saturated carbocycles. The molecule has 0 aromatic heterocycles. The molecule has 13 heavy (non-hydrogen) atoms. The van der Waals surface area contributed by atoms with Gasteiger partial charge >= 0.3 is 6.09 Å². The zero-order chi connectivity index (χ0) is 10.1. The molecule has 0 aliphatic carbocycles. The molecule has 0 aliphatic heterocycles. The number of rotatable bonds is 7. The fraction of sp³-hybridized carbons (Fsp3) is 0.778. The van der Waals surface area contributed by atoms with Crippen LogP contribution in [-0.2, 0) is 4.79 Å². The fourth-order valence-corrected chi connectivity index (χ4v) is 0.980. The smallest absolute Gasteiger partial charge is 0.404 e. The quantitative estimate of drug-likeness (QED) is 0.597. The van der Waals surface area contributed by atoms with Gasteiger partial charge in [-0.05, 0) is 12.8 Å². The number of carboxylic acid groups (broad SMARTS) is 1. The third-order valence-electron chi connectivity index (χ3n) is 1.72. The van der Waals surface area contributed by atoms with Crippen molar-refractivity contribution in [3.05, 3.63) is 0 Å². The van der Waals surface area contributed by atoms with Crippen molar-refractivity contribution in [2.24, 2.45) is 0 Å². The Morgan fingerprint density at radius 3 is 2.38 bits per heavy atom. The van der Waals surface area contributed by atoms with Gasteiger partial charge < -0.3 is 10.4 Å². The summed E-state index contributed by atoms with van der Waals surface area (Å²) in [6.07, 6.45) is 2.66. The van der Waals surface area contributed by atoms with Crippen molar-refractivity contribution in [2.75, 3.05) is 6.54 Å². The number of hydrogen-bond donors (Lipinski definition) is 2. The molecule has 4 heteroatoms. The second-order valence-corrected chi connectivity index (χ2v) is 2.98. The summed E-state index contributed by atoms with van der Waals surface area (Å²) in [4.78, 5) is 21.1. The van der Waals surface area contributed by atoms with Gasteiger partial charge in [0, 0.05) is 19.4 Å². The molecule has 0 fully saturated rings. The standard InChI is InChI=1S/C9H17NO3/c1-2-3-5-8(11)6-4-7-10-9(12)13/h10H,2-7H2,1H3,(H,12,13). The molecule has 0 radical (unpaired) electrons. The van der Waals surface area contributed by atoms with Gasteiger partial charge in [0.15, 0.2) is 0 Å². The Morgan fingerprint density at radius 1 is 1.23 bits per heavy atom. The minimum Gasteiger partial charge on any atom is -0.465 e. The summed E-state index contributed by atoms with van der Waals surface area (Å²) in [6.45, 7) is 2.41. The lowest BCUT2D eigenvalue weighted by Crippen LogP contribution is -2.22. The van der Waals surface area contributed by atoms with Gasteiger partial charge in [-0.25, -0.2) is 4.79 Å². The van der Waals surface area contributed by atoms with Crippen molar-refractivity contribution in [1.29, 1.82) is 0 Å². The van der Waals surface area contributed by atoms with E-state index in [1.807, 2.05) is 6.92 Å². The average molecular weight is 187 g/mol. The molecule has 0 aromatic rings. The van der Waals surface area contributed by atoms with Crippen molar-refractivity contribution in [2.45, 2.75) is 39.0 Å². The van der Waals surface area contributed by atoms with Gasteiger partial charge in [-0.2, -0.15) is 0 Å². The maximum atomic E-state index is 11.1. The molecule has 0 bridgehead atoms. The van der Waals surface area contributed by atoms with Crippen molar-refractivity contribution in [1.82, 2.24) is 5.32 Å². The Morgan fingerprint density at radius 2 is 1.85 bits per heavy atom.